The zero-order valence-corrected chi connectivity index (χ0v) is 14.3. The van der Waals surface area contributed by atoms with Gasteiger partial charge in [0.05, 0.1) is 0 Å². The Morgan fingerprint density at radius 2 is 2.00 bits per heavy atom. The first-order valence-corrected chi connectivity index (χ1v) is 9.54. The minimum Gasteiger partial charge on any atom is -0.381 e. The highest BCUT2D eigenvalue weighted by Gasteiger charge is 2.31. The van der Waals surface area contributed by atoms with Crippen molar-refractivity contribution < 1.29 is 13.2 Å². The monoisotopic (exact) mass is 321 g/mol. The molecule has 2 N–H and O–H groups in total. The second-order valence-electron chi connectivity index (χ2n) is 5.54. The Balaban J connectivity index is 2.30. The Morgan fingerprint density at radius 3 is 2.71 bits per heavy atom. The van der Waals surface area contributed by atoms with Crippen molar-refractivity contribution in [1.29, 1.82) is 0 Å². The fourth-order valence-corrected chi connectivity index (χ4v) is 4.05. The predicted octanol–water partition coefficient (Wildman–Crippen LogP) is 1.10. The number of unbranched alkanes of at least 4 members (excludes halogenated alkanes) is 1. The van der Waals surface area contributed by atoms with Gasteiger partial charge in [0.2, 0.25) is 0 Å². The van der Waals surface area contributed by atoms with Gasteiger partial charge in [0.15, 0.2) is 0 Å². The van der Waals surface area contributed by atoms with Crippen LogP contribution in [0.1, 0.15) is 45.4 Å². The van der Waals surface area contributed by atoms with Gasteiger partial charge in [-0.3, -0.25) is 0 Å². The molecule has 1 aliphatic heterocycles. The van der Waals surface area contributed by atoms with Gasteiger partial charge in [-0.05, 0) is 32.7 Å². The lowest BCUT2D eigenvalue weighted by Crippen LogP contribution is -2.52. The van der Waals surface area contributed by atoms with Gasteiger partial charge >= 0.3 is 0 Å². The van der Waals surface area contributed by atoms with Gasteiger partial charge in [-0.1, -0.05) is 19.8 Å². The lowest BCUT2D eigenvalue weighted by molar-refractivity contribution is 0.129. The van der Waals surface area contributed by atoms with Gasteiger partial charge < -0.3 is 10.1 Å². The van der Waals surface area contributed by atoms with Crippen LogP contribution in [-0.2, 0) is 14.9 Å². The van der Waals surface area contributed by atoms with Gasteiger partial charge in [0, 0.05) is 38.9 Å². The van der Waals surface area contributed by atoms with Gasteiger partial charge in [-0.2, -0.15) is 12.7 Å². The molecule has 6 nitrogen and oxygen atoms in total. The average Bonchev–Trinajstić information content (AvgIpc) is 2.47. The van der Waals surface area contributed by atoms with Gasteiger partial charge in [0.1, 0.15) is 0 Å². The molecule has 0 aromatic carbocycles. The number of hydrogen-bond donors (Lipinski definition) is 2. The average molecular weight is 321 g/mol. The summed E-state index contributed by atoms with van der Waals surface area (Å²) in [5.41, 5.74) is 0. The molecule has 7 heteroatoms. The van der Waals surface area contributed by atoms with E-state index in [9.17, 15) is 8.42 Å². The van der Waals surface area contributed by atoms with Crippen LogP contribution < -0.4 is 10.0 Å². The van der Waals surface area contributed by atoms with Crippen LogP contribution in [-0.4, -0.2) is 58.7 Å². The molecule has 0 aliphatic carbocycles. The number of likely N-dealkylation sites (N-methyl/N-ethyl adjacent to an activating group) is 1. The third kappa shape index (κ3) is 7.06. The van der Waals surface area contributed by atoms with E-state index in [2.05, 4.69) is 17.0 Å². The molecule has 0 radical (unpaired) electrons. The van der Waals surface area contributed by atoms with Crippen molar-refractivity contribution in [2.45, 2.75) is 51.5 Å². The van der Waals surface area contributed by atoms with Crippen LogP contribution in [0.2, 0.25) is 0 Å². The van der Waals surface area contributed by atoms with Gasteiger partial charge in [0.25, 0.3) is 10.2 Å². The highest BCUT2D eigenvalue weighted by Crippen LogP contribution is 2.19. The molecular weight excluding hydrogens is 290 g/mol. The standard InChI is InChI=1S/C14H31N3O3S/c1-3-4-11-20-12-7-9-16-21(18,19)17-10-6-5-8-14(17)13-15-2/h14-16H,3-13H2,1-2H3. The number of nitrogens with one attached hydrogen (secondary N) is 2. The molecule has 1 saturated heterocycles. The van der Waals surface area contributed by atoms with Crippen molar-refractivity contribution in [3.63, 3.8) is 0 Å². The lowest BCUT2D eigenvalue weighted by Gasteiger charge is -2.34. The van der Waals surface area contributed by atoms with Gasteiger partial charge in [-0.15, -0.1) is 0 Å². The highest BCUT2D eigenvalue weighted by molar-refractivity contribution is 7.87. The molecule has 126 valence electrons. The molecule has 1 atom stereocenters. The minimum atomic E-state index is -3.36. The molecule has 1 unspecified atom stereocenters. The van der Waals surface area contributed by atoms with E-state index in [-0.39, 0.29) is 6.04 Å². The number of nitrogens with zero attached hydrogens (tertiary/aromatic N) is 1. The molecule has 0 bridgehead atoms. The van der Waals surface area contributed by atoms with E-state index in [0.29, 0.717) is 32.7 Å². The molecule has 1 aliphatic rings. The maximum absolute atomic E-state index is 12.4. The molecular formula is C14H31N3O3S. The van der Waals surface area contributed by atoms with Crippen molar-refractivity contribution in [3.05, 3.63) is 0 Å². The topological polar surface area (TPSA) is 70.7 Å². The minimum absolute atomic E-state index is 0.0713. The Bertz CT molecular complexity index is 360. The summed E-state index contributed by atoms with van der Waals surface area (Å²) in [6.07, 6.45) is 5.87. The summed E-state index contributed by atoms with van der Waals surface area (Å²) in [6.45, 7) is 5.27. The third-order valence-corrected chi connectivity index (χ3v) is 5.38. The first-order chi connectivity index (χ1) is 10.1. The Kier molecular flexibility index (Phi) is 9.42. The Morgan fingerprint density at radius 1 is 1.24 bits per heavy atom. The van der Waals surface area contributed by atoms with Crippen molar-refractivity contribution in [3.8, 4) is 0 Å². The van der Waals surface area contributed by atoms with Crippen LogP contribution >= 0.6 is 0 Å². The normalized spacial score (nSPS) is 20.8. The summed E-state index contributed by atoms with van der Waals surface area (Å²) in [5, 5.41) is 3.08. The largest absolute Gasteiger partial charge is 0.381 e. The molecule has 1 fully saturated rings. The van der Waals surface area contributed by atoms with E-state index >= 15 is 0 Å². The van der Waals surface area contributed by atoms with E-state index in [1.54, 1.807) is 4.31 Å². The molecule has 0 spiro atoms. The SMILES string of the molecule is CCCCOCCCNS(=O)(=O)N1CCCCC1CNC. The van der Waals surface area contributed by atoms with Crippen LogP contribution in [0.15, 0.2) is 0 Å². The van der Waals surface area contributed by atoms with Crippen LogP contribution in [0.3, 0.4) is 0 Å². The molecule has 0 amide bonds. The number of rotatable bonds is 11. The quantitative estimate of drug-likeness (QED) is 0.559. The molecule has 1 heterocycles. The van der Waals surface area contributed by atoms with Crippen LogP contribution in [0.4, 0.5) is 0 Å². The van der Waals surface area contributed by atoms with Crippen molar-refractivity contribution in [1.82, 2.24) is 14.3 Å². The molecule has 1 rings (SSSR count). The van der Waals surface area contributed by atoms with Crippen LogP contribution in [0, 0.1) is 0 Å². The molecule has 0 saturated carbocycles. The van der Waals surface area contributed by atoms with Crippen molar-refractivity contribution in [2.24, 2.45) is 0 Å². The summed E-state index contributed by atoms with van der Waals surface area (Å²) in [7, 11) is -1.50. The second kappa shape index (κ2) is 10.5. The Labute approximate surface area is 129 Å². The van der Waals surface area contributed by atoms with E-state index in [1.165, 1.54) is 0 Å². The van der Waals surface area contributed by atoms with Gasteiger partial charge in [-0.25, -0.2) is 4.72 Å². The summed E-state index contributed by atoms with van der Waals surface area (Å²) in [5.74, 6) is 0. The van der Waals surface area contributed by atoms with E-state index in [4.69, 9.17) is 4.74 Å². The maximum atomic E-state index is 12.4. The van der Waals surface area contributed by atoms with E-state index in [1.807, 2.05) is 7.05 Å². The second-order valence-corrected chi connectivity index (χ2v) is 7.24. The zero-order chi connectivity index (χ0) is 15.6. The van der Waals surface area contributed by atoms with E-state index < -0.39 is 10.2 Å². The van der Waals surface area contributed by atoms with Crippen LogP contribution in [0.5, 0.6) is 0 Å². The highest BCUT2D eigenvalue weighted by atomic mass is 32.2. The zero-order valence-electron chi connectivity index (χ0n) is 13.4. The number of piperidine rings is 1. The van der Waals surface area contributed by atoms with Crippen molar-refractivity contribution in [2.75, 3.05) is 39.9 Å². The lowest BCUT2D eigenvalue weighted by atomic mass is 10.1. The summed E-state index contributed by atoms with van der Waals surface area (Å²) in [4.78, 5) is 0. The summed E-state index contributed by atoms with van der Waals surface area (Å²) >= 11 is 0. The number of hydrogen-bond acceptors (Lipinski definition) is 4. The summed E-state index contributed by atoms with van der Waals surface area (Å²) in [6, 6.07) is 0.0713. The fraction of sp³-hybridized carbons (Fsp3) is 1.00. The first kappa shape index (κ1) is 18.8. The molecule has 21 heavy (non-hydrogen) atoms. The predicted molar refractivity (Wildman–Crippen MR) is 85.5 cm³/mol. The molecule has 0 aromatic heterocycles. The van der Waals surface area contributed by atoms with Crippen molar-refractivity contribution >= 4 is 10.2 Å². The fourth-order valence-electron chi connectivity index (χ4n) is 2.54. The van der Waals surface area contributed by atoms with Crippen LogP contribution in [0.25, 0.3) is 0 Å². The number of ether oxygens (including phenoxy) is 1. The Hall–Kier alpha value is -0.210. The smallest absolute Gasteiger partial charge is 0.279 e. The first-order valence-electron chi connectivity index (χ1n) is 8.10. The molecule has 0 aromatic rings. The third-order valence-electron chi connectivity index (χ3n) is 3.71. The summed E-state index contributed by atoms with van der Waals surface area (Å²) < 4.78 is 34.5. The van der Waals surface area contributed by atoms with E-state index in [0.717, 1.165) is 38.7 Å². The maximum Gasteiger partial charge on any atom is 0.279 e.